The van der Waals surface area contributed by atoms with Gasteiger partial charge in [0.15, 0.2) is 0 Å². The Morgan fingerprint density at radius 2 is 1.81 bits per heavy atom. The molecule has 0 radical (unpaired) electrons. The molecule has 2 aliphatic rings. The fraction of sp³-hybridized carbons (Fsp3) is 0.600. The first-order valence-corrected chi connectivity index (χ1v) is 14.6. The maximum Gasteiger partial charge on any atom is 0.410 e. The van der Waals surface area contributed by atoms with E-state index >= 15 is 0 Å². The van der Waals surface area contributed by atoms with Crippen LogP contribution in [0.3, 0.4) is 0 Å². The highest BCUT2D eigenvalue weighted by atomic mass is 32.2. The van der Waals surface area contributed by atoms with Crippen molar-refractivity contribution in [3.05, 3.63) is 30.0 Å². The zero-order chi connectivity index (χ0) is 26.6. The molecule has 0 aliphatic heterocycles. The summed E-state index contributed by atoms with van der Waals surface area (Å²) in [6.07, 6.45) is 7.40. The number of amides is 2. The van der Waals surface area contributed by atoms with Crippen molar-refractivity contribution in [1.29, 1.82) is 0 Å². The average molecular weight is 534 g/mol. The molecule has 0 saturated heterocycles. The molecule has 0 spiro atoms. The van der Waals surface area contributed by atoms with E-state index in [2.05, 4.69) is 15.0 Å². The number of ether oxygens (including phenoxy) is 2. The van der Waals surface area contributed by atoms with Gasteiger partial charge in [-0.05, 0) is 62.8 Å². The third-order valence-corrected chi connectivity index (χ3v) is 7.72. The fourth-order valence-corrected chi connectivity index (χ4v) is 5.61. The van der Waals surface area contributed by atoms with Crippen LogP contribution in [0.15, 0.2) is 24.3 Å². The van der Waals surface area contributed by atoms with Crippen LogP contribution in [0.4, 0.5) is 4.79 Å². The summed E-state index contributed by atoms with van der Waals surface area (Å²) in [5.41, 5.74) is 2.12. The summed E-state index contributed by atoms with van der Waals surface area (Å²) in [6.45, 7) is 0.0615. The van der Waals surface area contributed by atoms with Gasteiger partial charge in [-0.2, -0.15) is 0 Å². The molecular formula is C25H35N5O6S. The topological polar surface area (TPSA) is 133 Å². The van der Waals surface area contributed by atoms with Crippen LogP contribution in [0.1, 0.15) is 57.1 Å². The van der Waals surface area contributed by atoms with Crippen molar-refractivity contribution >= 4 is 22.0 Å². The van der Waals surface area contributed by atoms with Crippen molar-refractivity contribution in [2.45, 2.75) is 70.1 Å². The van der Waals surface area contributed by atoms with Crippen LogP contribution in [0.5, 0.6) is 5.75 Å². The van der Waals surface area contributed by atoms with Gasteiger partial charge in [0.1, 0.15) is 23.7 Å². The number of hydrogen-bond donors (Lipinski definition) is 1. The van der Waals surface area contributed by atoms with E-state index in [1.165, 1.54) is 0 Å². The van der Waals surface area contributed by atoms with Crippen molar-refractivity contribution in [3.63, 3.8) is 0 Å². The minimum atomic E-state index is -3.58. The fourth-order valence-electron chi connectivity index (χ4n) is 5.08. The summed E-state index contributed by atoms with van der Waals surface area (Å²) in [7, 11) is -0.0376. The first-order valence-electron chi connectivity index (χ1n) is 12.7. The van der Waals surface area contributed by atoms with Crippen molar-refractivity contribution in [2.75, 3.05) is 13.3 Å². The SMILES string of the molecule is CN(C(=O)OCc1c(-c2ccc(O[C@@H]3CCC[C@@H](C(=O)NS(C)(=O)=O)C3)cc2)nnn1C)C1CCCC1. The monoisotopic (exact) mass is 533 g/mol. The second-order valence-corrected chi connectivity index (χ2v) is 11.7. The second kappa shape index (κ2) is 11.5. The number of rotatable bonds is 8. The maximum absolute atomic E-state index is 12.5. The minimum absolute atomic E-state index is 0.0615. The highest BCUT2D eigenvalue weighted by molar-refractivity contribution is 7.89. The lowest BCUT2D eigenvalue weighted by Crippen LogP contribution is -2.39. The molecule has 1 N–H and O–H groups in total. The average Bonchev–Trinajstić information content (AvgIpc) is 3.52. The molecule has 11 nitrogen and oxygen atoms in total. The molecule has 2 saturated carbocycles. The Kier molecular flexibility index (Phi) is 8.35. The zero-order valence-corrected chi connectivity index (χ0v) is 22.4. The van der Waals surface area contributed by atoms with Crippen LogP contribution in [-0.4, -0.2) is 65.8 Å². The Balaban J connectivity index is 1.36. The maximum atomic E-state index is 12.5. The minimum Gasteiger partial charge on any atom is -0.490 e. The molecular weight excluding hydrogens is 498 g/mol. The van der Waals surface area contributed by atoms with Crippen molar-refractivity contribution in [2.24, 2.45) is 13.0 Å². The van der Waals surface area contributed by atoms with E-state index in [4.69, 9.17) is 9.47 Å². The number of aromatic nitrogens is 3. The number of carbonyl (C=O) groups is 2. The zero-order valence-electron chi connectivity index (χ0n) is 21.6. The number of nitrogens with one attached hydrogen (secondary N) is 1. The predicted octanol–water partition coefficient (Wildman–Crippen LogP) is 3.01. The summed E-state index contributed by atoms with van der Waals surface area (Å²) < 4.78 is 38.1. The standard InChI is InChI=1S/C25H35N5O6S/c1-29(19-8-4-5-9-19)25(32)35-16-22-23(26-28-30(22)2)17-11-13-20(14-12-17)36-21-10-6-7-18(15-21)24(31)27-37(3,33)34/h11-14,18-19,21H,4-10,15-16H2,1-3H3,(H,27,31)/t18-,21-/m1/s1. The predicted molar refractivity (Wildman–Crippen MR) is 136 cm³/mol. The number of aryl methyl sites for hydroxylation is 1. The van der Waals surface area contributed by atoms with Gasteiger partial charge >= 0.3 is 6.09 Å². The molecule has 2 aliphatic carbocycles. The van der Waals surface area contributed by atoms with Crippen LogP contribution in [0, 0.1) is 5.92 Å². The molecule has 0 unspecified atom stereocenters. The molecule has 1 aromatic heterocycles. The first kappa shape index (κ1) is 26.9. The van der Waals surface area contributed by atoms with E-state index in [0.29, 0.717) is 30.0 Å². The quantitative estimate of drug-likeness (QED) is 0.548. The molecule has 2 fully saturated rings. The first-order chi connectivity index (χ1) is 17.6. The Bertz CT molecular complexity index is 1210. The Hall–Kier alpha value is -3.15. The second-order valence-electron chi connectivity index (χ2n) is 9.98. The van der Waals surface area contributed by atoms with Crippen LogP contribution in [0.25, 0.3) is 11.3 Å². The van der Waals surface area contributed by atoms with Gasteiger partial charge in [0.25, 0.3) is 0 Å². The molecule has 2 atom stereocenters. The molecule has 202 valence electrons. The largest absolute Gasteiger partial charge is 0.490 e. The molecule has 12 heteroatoms. The summed E-state index contributed by atoms with van der Waals surface area (Å²) in [6, 6.07) is 7.62. The third-order valence-electron chi connectivity index (χ3n) is 7.15. The lowest BCUT2D eigenvalue weighted by Gasteiger charge is -2.28. The van der Waals surface area contributed by atoms with E-state index in [1.807, 2.05) is 24.3 Å². The van der Waals surface area contributed by atoms with Crippen LogP contribution in [0.2, 0.25) is 0 Å². The Morgan fingerprint density at radius 3 is 2.49 bits per heavy atom. The number of carbonyl (C=O) groups excluding carboxylic acids is 2. The van der Waals surface area contributed by atoms with Gasteiger partial charge < -0.3 is 14.4 Å². The highest BCUT2D eigenvalue weighted by Crippen LogP contribution is 2.30. The van der Waals surface area contributed by atoms with Crippen LogP contribution >= 0.6 is 0 Å². The van der Waals surface area contributed by atoms with Crippen molar-refractivity contribution in [1.82, 2.24) is 24.6 Å². The molecule has 37 heavy (non-hydrogen) atoms. The van der Waals surface area contributed by atoms with E-state index in [9.17, 15) is 18.0 Å². The van der Waals surface area contributed by atoms with Gasteiger partial charge in [-0.1, -0.05) is 18.1 Å². The van der Waals surface area contributed by atoms with Crippen LogP contribution < -0.4 is 9.46 Å². The number of sulfonamides is 1. The molecule has 0 bridgehead atoms. The number of hydrogen-bond acceptors (Lipinski definition) is 8. The van der Waals surface area contributed by atoms with E-state index in [-0.39, 0.29) is 24.8 Å². The van der Waals surface area contributed by atoms with E-state index < -0.39 is 21.8 Å². The van der Waals surface area contributed by atoms with Crippen molar-refractivity contribution < 1.29 is 27.5 Å². The molecule has 1 heterocycles. The highest BCUT2D eigenvalue weighted by Gasteiger charge is 2.30. The third kappa shape index (κ3) is 7.00. The Morgan fingerprint density at radius 1 is 1.11 bits per heavy atom. The van der Waals surface area contributed by atoms with Gasteiger partial charge in [-0.25, -0.2) is 17.9 Å². The Labute approximate surface area is 217 Å². The van der Waals surface area contributed by atoms with E-state index in [0.717, 1.165) is 50.3 Å². The van der Waals surface area contributed by atoms with Gasteiger partial charge in [0.2, 0.25) is 15.9 Å². The van der Waals surface area contributed by atoms with Gasteiger partial charge in [-0.15, -0.1) is 5.10 Å². The number of nitrogens with zero attached hydrogens (tertiary/aromatic N) is 4. The molecule has 1 aromatic carbocycles. The normalized spacial score (nSPS) is 20.4. The summed E-state index contributed by atoms with van der Waals surface area (Å²) in [4.78, 5) is 26.5. The van der Waals surface area contributed by atoms with Crippen LogP contribution in [-0.2, 0) is 33.2 Å². The molecule has 2 aromatic rings. The number of benzene rings is 1. The summed E-state index contributed by atoms with van der Waals surface area (Å²) in [5.74, 6) is -0.227. The summed E-state index contributed by atoms with van der Waals surface area (Å²) >= 11 is 0. The smallest absolute Gasteiger partial charge is 0.410 e. The van der Waals surface area contributed by atoms with Crippen molar-refractivity contribution in [3.8, 4) is 17.0 Å². The van der Waals surface area contributed by atoms with Gasteiger partial charge in [-0.3, -0.25) is 9.52 Å². The van der Waals surface area contributed by atoms with Gasteiger partial charge in [0.05, 0.1) is 12.4 Å². The molecule has 4 rings (SSSR count). The molecule has 2 amide bonds. The summed E-state index contributed by atoms with van der Waals surface area (Å²) in [5, 5.41) is 8.37. The van der Waals surface area contributed by atoms with Gasteiger partial charge in [0, 0.05) is 31.6 Å². The lowest BCUT2D eigenvalue weighted by atomic mass is 9.87. The lowest BCUT2D eigenvalue weighted by molar-refractivity contribution is -0.125. The van der Waals surface area contributed by atoms with E-state index in [1.54, 1.807) is 23.7 Å².